The molecule has 3 aliphatic carbocycles. The fraction of sp³-hybridized carbons (Fsp3) is 0.571. The Morgan fingerprint density at radius 2 is 1.09 bits per heavy atom. The van der Waals surface area contributed by atoms with Crippen LogP contribution in [0.1, 0.15) is 117 Å². The van der Waals surface area contributed by atoms with Crippen LogP contribution in [-0.4, -0.2) is 31.3 Å². The van der Waals surface area contributed by atoms with E-state index < -0.39 is 7.92 Å². The zero-order valence-corrected chi connectivity index (χ0v) is 31.8. The minimum absolute atomic E-state index is 0.172. The van der Waals surface area contributed by atoms with Crippen molar-refractivity contribution in [2.24, 2.45) is 11.7 Å². The summed E-state index contributed by atoms with van der Waals surface area (Å²) in [4.78, 5) is 0. The summed E-state index contributed by atoms with van der Waals surface area (Å²) < 4.78 is 11.7. The van der Waals surface area contributed by atoms with Crippen molar-refractivity contribution in [3.63, 3.8) is 0 Å². The summed E-state index contributed by atoms with van der Waals surface area (Å²) in [6.07, 6.45) is 18.1. The molecule has 0 bridgehead atoms. The van der Waals surface area contributed by atoms with Crippen LogP contribution in [0, 0.1) is 33.6 Å². The Balaban J connectivity index is 1.44. The van der Waals surface area contributed by atoms with Crippen molar-refractivity contribution in [3.8, 4) is 11.5 Å². The normalized spacial score (nSPS) is 21.8. The van der Waals surface area contributed by atoms with E-state index in [9.17, 15) is 0 Å². The molecule has 3 aromatic rings. The van der Waals surface area contributed by atoms with Crippen molar-refractivity contribution < 1.29 is 9.47 Å². The van der Waals surface area contributed by atoms with Gasteiger partial charge in [0.25, 0.3) is 0 Å². The lowest BCUT2D eigenvalue weighted by atomic mass is 9.88. The lowest BCUT2D eigenvalue weighted by molar-refractivity contribution is 0.408. The molecule has 5 heteroatoms. The molecule has 0 aliphatic heterocycles. The van der Waals surface area contributed by atoms with Gasteiger partial charge < -0.3 is 15.2 Å². The fourth-order valence-electron chi connectivity index (χ4n) is 9.74. The van der Waals surface area contributed by atoms with Crippen molar-refractivity contribution in [1.82, 2.24) is 0 Å². The van der Waals surface area contributed by atoms with E-state index in [2.05, 4.69) is 76.2 Å². The fourth-order valence-corrected chi connectivity index (χ4v) is 16.9. The molecular weight excluding hydrogens is 612 g/mol. The molecular formula is C42H59NO2P2. The second kappa shape index (κ2) is 15.7. The van der Waals surface area contributed by atoms with Crippen LogP contribution in [0.15, 0.2) is 48.5 Å². The van der Waals surface area contributed by atoms with Gasteiger partial charge in [-0.3, -0.25) is 0 Å². The van der Waals surface area contributed by atoms with Crippen molar-refractivity contribution in [1.29, 1.82) is 0 Å². The van der Waals surface area contributed by atoms with E-state index in [1.54, 1.807) is 19.8 Å². The third kappa shape index (κ3) is 7.35. The molecule has 0 saturated heterocycles. The maximum atomic E-state index is 7.71. The third-order valence-corrected chi connectivity index (χ3v) is 18.0. The van der Waals surface area contributed by atoms with E-state index in [1.165, 1.54) is 122 Å². The second-order valence-electron chi connectivity index (χ2n) is 14.8. The lowest BCUT2D eigenvalue weighted by Gasteiger charge is -2.45. The first-order valence-electron chi connectivity index (χ1n) is 18.5. The highest BCUT2D eigenvalue weighted by Gasteiger charge is 2.43. The summed E-state index contributed by atoms with van der Waals surface area (Å²) in [5.41, 5.74) is 15.9. The number of aryl methyl sites for hydroxylation is 4. The molecule has 47 heavy (non-hydrogen) atoms. The molecule has 3 aromatic carbocycles. The number of hydrogen-bond acceptors (Lipinski definition) is 3. The predicted molar refractivity (Wildman–Crippen MR) is 206 cm³/mol. The molecule has 3 atom stereocenters. The van der Waals surface area contributed by atoms with Gasteiger partial charge in [0, 0.05) is 5.78 Å². The van der Waals surface area contributed by atoms with Gasteiger partial charge in [0.05, 0.1) is 14.2 Å². The number of benzene rings is 3. The number of hydrogen-bond donors (Lipinski definition) is 1. The van der Waals surface area contributed by atoms with Gasteiger partial charge in [-0.2, -0.15) is 0 Å². The van der Waals surface area contributed by atoms with E-state index >= 15 is 0 Å². The Labute approximate surface area is 288 Å². The Morgan fingerprint density at radius 3 is 1.55 bits per heavy atom. The number of rotatable bonds is 10. The first kappa shape index (κ1) is 34.9. The van der Waals surface area contributed by atoms with Gasteiger partial charge in [0.15, 0.2) is 0 Å². The monoisotopic (exact) mass is 671 g/mol. The van der Waals surface area contributed by atoms with E-state index in [0.717, 1.165) is 22.8 Å². The van der Waals surface area contributed by atoms with Crippen LogP contribution in [0.3, 0.4) is 0 Å². The zero-order chi connectivity index (χ0) is 33.1. The maximum absolute atomic E-state index is 7.71. The third-order valence-electron chi connectivity index (χ3n) is 11.7. The summed E-state index contributed by atoms with van der Waals surface area (Å²) >= 11 is 0. The Hall–Kier alpha value is -1.92. The van der Waals surface area contributed by atoms with E-state index in [0.29, 0.717) is 17.6 Å². The van der Waals surface area contributed by atoms with E-state index in [-0.39, 0.29) is 7.92 Å². The van der Waals surface area contributed by atoms with Crippen LogP contribution < -0.4 is 31.1 Å². The number of nitrogens with two attached hydrogens (primary N) is 1. The molecule has 0 heterocycles. The standard InChI is InChI=1S/C42H59NO2P2/c1-28-24-34(25-29(2)40(28)44-5)46(35-26-30(3)41(45-6)31(4)27-35)39-23-14-13-20-37(39)36-21-15-22-38(36)42(43)47(32-16-9-7-10-17-32)33-18-11-8-12-19-33/h13-14,20,23-27,32-33,36,38,42H,7-12,15-19,21-22,43H2,1-6H3/t36?,38?,42-/m0/s1. The van der Waals surface area contributed by atoms with Gasteiger partial charge in [-0.1, -0.05) is 77.1 Å². The van der Waals surface area contributed by atoms with Crippen LogP contribution in [0.25, 0.3) is 0 Å². The highest BCUT2D eigenvalue weighted by Crippen LogP contribution is 2.62. The number of methoxy groups -OCH3 is 2. The quantitative estimate of drug-likeness (QED) is 0.218. The molecule has 2 unspecified atom stereocenters. The van der Waals surface area contributed by atoms with Crippen LogP contribution in [0.4, 0.5) is 0 Å². The SMILES string of the molecule is COc1c(C)cc(P(c2cc(C)c(OC)c(C)c2)c2ccccc2C2CCCC2[C@@H](N)P(C2CCCCC2)C2CCCCC2)cc1C. The summed E-state index contributed by atoms with van der Waals surface area (Å²) in [5.74, 6) is 3.48. The van der Waals surface area contributed by atoms with E-state index in [1.807, 2.05) is 0 Å². The summed E-state index contributed by atoms with van der Waals surface area (Å²) in [6.45, 7) is 8.79. The van der Waals surface area contributed by atoms with Crippen LogP contribution in [-0.2, 0) is 0 Å². The maximum Gasteiger partial charge on any atom is 0.124 e. The largest absolute Gasteiger partial charge is 0.496 e. The zero-order valence-electron chi connectivity index (χ0n) is 30.0. The average Bonchev–Trinajstić information content (AvgIpc) is 3.56. The van der Waals surface area contributed by atoms with Gasteiger partial charge in [-0.05, 0) is 165 Å². The number of ether oxygens (including phenoxy) is 2. The molecule has 2 N–H and O–H groups in total. The van der Waals surface area contributed by atoms with Crippen LogP contribution in [0.2, 0.25) is 0 Å². The second-order valence-corrected chi connectivity index (χ2v) is 20.0. The summed E-state index contributed by atoms with van der Waals surface area (Å²) in [7, 11) is 2.61. The molecule has 3 fully saturated rings. The van der Waals surface area contributed by atoms with Gasteiger partial charge in [0.2, 0.25) is 0 Å². The molecule has 0 aromatic heterocycles. The predicted octanol–water partition coefficient (Wildman–Crippen LogP) is 10.0. The minimum atomic E-state index is -0.807. The van der Waals surface area contributed by atoms with Crippen molar-refractivity contribution >= 4 is 31.8 Å². The first-order valence-corrected chi connectivity index (χ1v) is 21.4. The van der Waals surface area contributed by atoms with Crippen LogP contribution in [0.5, 0.6) is 11.5 Å². The smallest absolute Gasteiger partial charge is 0.124 e. The molecule has 3 nitrogen and oxygen atoms in total. The topological polar surface area (TPSA) is 44.5 Å². The van der Waals surface area contributed by atoms with Gasteiger partial charge >= 0.3 is 0 Å². The molecule has 3 saturated carbocycles. The Bertz CT molecular complexity index is 1380. The van der Waals surface area contributed by atoms with Crippen LogP contribution >= 0.6 is 15.8 Å². The van der Waals surface area contributed by atoms with Crippen molar-refractivity contribution in [3.05, 3.63) is 76.3 Å². The summed E-state index contributed by atoms with van der Waals surface area (Å²) in [6, 6.07) is 19.1. The molecule has 254 valence electrons. The highest BCUT2D eigenvalue weighted by molar-refractivity contribution is 7.80. The molecule has 0 amide bonds. The van der Waals surface area contributed by atoms with Gasteiger partial charge in [0.1, 0.15) is 11.5 Å². The molecule has 6 rings (SSSR count). The highest BCUT2D eigenvalue weighted by atomic mass is 31.1. The lowest BCUT2D eigenvalue weighted by Crippen LogP contribution is -2.38. The first-order chi connectivity index (χ1) is 22.8. The van der Waals surface area contributed by atoms with Crippen molar-refractivity contribution in [2.45, 2.75) is 134 Å². The van der Waals surface area contributed by atoms with Gasteiger partial charge in [-0.15, -0.1) is 0 Å². The summed E-state index contributed by atoms with van der Waals surface area (Å²) in [5, 5.41) is 4.31. The Morgan fingerprint density at radius 1 is 0.617 bits per heavy atom. The van der Waals surface area contributed by atoms with Crippen molar-refractivity contribution in [2.75, 3.05) is 14.2 Å². The van der Waals surface area contributed by atoms with Gasteiger partial charge in [-0.25, -0.2) is 0 Å². The average molecular weight is 672 g/mol. The van der Waals surface area contributed by atoms with E-state index in [4.69, 9.17) is 15.2 Å². The molecule has 0 spiro atoms. The molecule has 3 aliphatic rings. The Kier molecular flexibility index (Phi) is 11.7. The minimum Gasteiger partial charge on any atom is -0.496 e. The molecule has 0 radical (unpaired) electrons.